The molecule has 2 aromatic heterocycles. The molecule has 2 heterocycles. The molecule has 25 heavy (non-hydrogen) atoms. The van der Waals surface area contributed by atoms with Crippen LogP contribution in [0.25, 0.3) is 11.0 Å². The van der Waals surface area contributed by atoms with E-state index in [-0.39, 0.29) is 34.6 Å². The van der Waals surface area contributed by atoms with Gasteiger partial charge in [0.1, 0.15) is 17.8 Å². The van der Waals surface area contributed by atoms with E-state index in [2.05, 4.69) is 4.98 Å². The number of carbonyl (C=O) groups is 3. The van der Waals surface area contributed by atoms with Crippen LogP contribution < -0.4 is 17.0 Å². The highest BCUT2D eigenvalue weighted by molar-refractivity contribution is 6.06. The summed E-state index contributed by atoms with van der Waals surface area (Å²) in [5.74, 6) is -2.03. The second kappa shape index (κ2) is 7.12. The van der Waals surface area contributed by atoms with Crippen molar-refractivity contribution in [2.45, 2.75) is 20.4 Å². The number of nitrogens with zero attached hydrogens (tertiary/aromatic N) is 3. The summed E-state index contributed by atoms with van der Waals surface area (Å²) < 4.78 is 1.04. The van der Waals surface area contributed by atoms with Crippen molar-refractivity contribution in [3.8, 4) is 0 Å². The van der Waals surface area contributed by atoms with E-state index >= 15 is 0 Å². The first-order valence-electron chi connectivity index (χ1n) is 7.71. The van der Waals surface area contributed by atoms with Gasteiger partial charge >= 0.3 is 0 Å². The van der Waals surface area contributed by atoms with Gasteiger partial charge in [-0.2, -0.15) is 0 Å². The Balaban J connectivity index is 2.77. The normalized spacial score (nSPS) is 10.6. The largest absolute Gasteiger partial charge is 0.366 e. The lowest BCUT2D eigenvalue weighted by atomic mass is 10.1. The predicted octanol–water partition coefficient (Wildman–Crippen LogP) is -0.537. The van der Waals surface area contributed by atoms with Crippen LogP contribution in [0.3, 0.4) is 0 Å². The molecule has 0 spiro atoms. The lowest BCUT2D eigenvalue weighted by Crippen LogP contribution is -2.38. The van der Waals surface area contributed by atoms with Gasteiger partial charge in [0.15, 0.2) is 0 Å². The summed E-state index contributed by atoms with van der Waals surface area (Å²) >= 11 is 0. The number of likely N-dealkylation sites (N-methyl/N-ethyl adjacent to an activating group) is 1. The summed E-state index contributed by atoms with van der Waals surface area (Å²) in [6, 6.07) is 2.56. The van der Waals surface area contributed by atoms with Crippen LogP contribution in [0.2, 0.25) is 0 Å². The van der Waals surface area contributed by atoms with Gasteiger partial charge in [-0.3, -0.25) is 23.7 Å². The van der Waals surface area contributed by atoms with Crippen LogP contribution in [0.4, 0.5) is 0 Å². The SMILES string of the molecule is CCN(CC)C(=O)Cn1c(=O)c(C(N)=O)cc2c(C(N)=O)ccnc21. The molecule has 0 aliphatic carbocycles. The smallest absolute Gasteiger partial charge is 0.265 e. The number of aromatic nitrogens is 2. The average Bonchev–Trinajstić information content (AvgIpc) is 2.57. The molecule has 0 unspecified atom stereocenters. The van der Waals surface area contributed by atoms with E-state index in [9.17, 15) is 19.2 Å². The third-order valence-corrected chi connectivity index (χ3v) is 3.93. The van der Waals surface area contributed by atoms with E-state index in [1.54, 1.807) is 0 Å². The summed E-state index contributed by atoms with van der Waals surface area (Å²) in [5.41, 5.74) is 9.69. The Kier molecular flexibility index (Phi) is 5.16. The molecule has 0 saturated carbocycles. The lowest BCUT2D eigenvalue weighted by molar-refractivity contribution is -0.131. The van der Waals surface area contributed by atoms with E-state index in [0.29, 0.717) is 13.1 Å². The first kappa shape index (κ1) is 18.1. The molecule has 0 saturated heterocycles. The molecule has 3 amide bonds. The van der Waals surface area contributed by atoms with Crippen molar-refractivity contribution in [2.24, 2.45) is 11.5 Å². The lowest BCUT2D eigenvalue weighted by Gasteiger charge is -2.20. The molecule has 0 radical (unpaired) electrons. The molecule has 9 nitrogen and oxygen atoms in total. The number of pyridine rings is 2. The minimum Gasteiger partial charge on any atom is -0.366 e. The quantitative estimate of drug-likeness (QED) is 0.723. The molecule has 0 bridgehead atoms. The molecule has 0 fully saturated rings. The molecule has 0 aliphatic heterocycles. The topological polar surface area (TPSA) is 141 Å². The molecule has 0 aromatic carbocycles. The van der Waals surface area contributed by atoms with Crippen molar-refractivity contribution in [3.63, 3.8) is 0 Å². The molecule has 2 rings (SSSR count). The van der Waals surface area contributed by atoms with E-state index in [1.165, 1.54) is 23.2 Å². The van der Waals surface area contributed by atoms with Crippen LogP contribution in [-0.2, 0) is 11.3 Å². The fourth-order valence-electron chi connectivity index (χ4n) is 2.62. The van der Waals surface area contributed by atoms with Crippen molar-refractivity contribution in [2.75, 3.05) is 13.1 Å². The highest BCUT2D eigenvalue weighted by Crippen LogP contribution is 2.16. The molecule has 4 N–H and O–H groups in total. The van der Waals surface area contributed by atoms with Crippen molar-refractivity contribution in [3.05, 3.63) is 39.8 Å². The van der Waals surface area contributed by atoms with Crippen molar-refractivity contribution < 1.29 is 14.4 Å². The Labute approximate surface area is 143 Å². The highest BCUT2D eigenvalue weighted by Gasteiger charge is 2.20. The van der Waals surface area contributed by atoms with E-state index < -0.39 is 17.4 Å². The Bertz CT molecular complexity index is 915. The Morgan fingerprint density at radius 1 is 1.12 bits per heavy atom. The number of fused-ring (bicyclic) bond motifs is 1. The molecular formula is C16H19N5O4. The van der Waals surface area contributed by atoms with Crippen LogP contribution in [-0.4, -0.2) is 45.3 Å². The third kappa shape index (κ3) is 3.35. The monoisotopic (exact) mass is 345 g/mol. The second-order valence-corrected chi connectivity index (χ2v) is 5.34. The molecule has 9 heteroatoms. The minimum absolute atomic E-state index is 0.0801. The minimum atomic E-state index is -0.963. The summed E-state index contributed by atoms with van der Waals surface area (Å²) in [5, 5.41) is 0.191. The highest BCUT2D eigenvalue weighted by atomic mass is 16.2. The van der Waals surface area contributed by atoms with Crippen molar-refractivity contribution >= 4 is 28.8 Å². The average molecular weight is 345 g/mol. The zero-order valence-corrected chi connectivity index (χ0v) is 14.0. The third-order valence-electron chi connectivity index (χ3n) is 3.93. The molecule has 2 aromatic rings. The van der Waals surface area contributed by atoms with E-state index in [1.807, 2.05) is 13.8 Å². The second-order valence-electron chi connectivity index (χ2n) is 5.34. The van der Waals surface area contributed by atoms with Gasteiger partial charge < -0.3 is 16.4 Å². The van der Waals surface area contributed by atoms with Gasteiger partial charge in [0.25, 0.3) is 11.5 Å². The van der Waals surface area contributed by atoms with Gasteiger partial charge in [0.05, 0.1) is 5.56 Å². The van der Waals surface area contributed by atoms with Gasteiger partial charge in [0, 0.05) is 24.7 Å². The molecular weight excluding hydrogens is 326 g/mol. The Morgan fingerprint density at radius 2 is 1.72 bits per heavy atom. The standard InChI is InChI=1S/C16H19N5O4/c1-3-20(4-2)12(22)8-21-15-10(7-11(14(18)24)16(21)25)9(13(17)23)5-6-19-15/h5-7H,3-4,8H2,1-2H3,(H2,17,23)(H2,18,24). The fraction of sp³-hybridized carbons (Fsp3) is 0.312. The van der Waals surface area contributed by atoms with Crippen LogP contribution in [0, 0.1) is 0 Å². The Morgan fingerprint density at radius 3 is 2.24 bits per heavy atom. The maximum absolute atomic E-state index is 12.6. The number of nitrogens with two attached hydrogens (primary N) is 2. The first-order valence-corrected chi connectivity index (χ1v) is 7.71. The molecule has 0 atom stereocenters. The molecule has 0 aliphatic rings. The first-order chi connectivity index (χ1) is 11.8. The number of hydrogen-bond acceptors (Lipinski definition) is 5. The van der Waals surface area contributed by atoms with Crippen molar-refractivity contribution in [1.29, 1.82) is 0 Å². The van der Waals surface area contributed by atoms with E-state index in [0.717, 1.165) is 4.57 Å². The zero-order chi connectivity index (χ0) is 18.7. The summed E-state index contributed by atoms with van der Waals surface area (Å²) in [4.78, 5) is 53.8. The zero-order valence-electron chi connectivity index (χ0n) is 14.0. The fourth-order valence-corrected chi connectivity index (χ4v) is 2.62. The number of primary amides is 2. The number of amides is 3. The van der Waals surface area contributed by atoms with Crippen LogP contribution in [0.5, 0.6) is 0 Å². The summed E-state index contributed by atoms with van der Waals surface area (Å²) in [7, 11) is 0. The van der Waals surface area contributed by atoms with E-state index in [4.69, 9.17) is 11.5 Å². The predicted molar refractivity (Wildman–Crippen MR) is 91.0 cm³/mol. The number of hydrogen-bond donors (Lipinski definition) is 2. The summed E-state index contributed by atoms with van der Waals surface area (Å²) in [6.45, 7) is 4.24. The molecule has 132 valence electrons. The van der Waals surface area contributed by atoms with Gasteiger partial charge in [-0.15, -0.1) is 0 Å². The maximum atomic E-state index is 12.6. The van der Waals surface area contributed by atoms with Crippen LogP contribution in [0.1, 0.15) is 34.6 Å². The van der Waals surface area contributed by atoms with Crippen LogP contribution >= 0.6 is 0 Å². The number of rotatable bonds is 6. The van der Waals surface area contributed by atoms with Gasteiger partial charge in [0.2, 0.25) is 11.8 Å². The van der Waals surface area contributed by atoms with Crippen molar-refractivity contribution in [1.82, 2.24) is 14.5 Å². The Hall–Kier alpha value is -3.23. The maximum Gasteiger partial charge on any atom is 0.265 e. The van der Waals surface area contributed by atoms with Gasteiger partial charge in [-0.1, -0.05) is 0 Å². The summed E-state index contributed by atoms with van der Waals surface area (Å²) in [6.07, 6.45) is 1.31. The van der Waals surface area contributed by atoms with Crippen LogP contribution in [0.15, 0.2) is 23.1 Å². The van der Waals surface area contributed by atoms with Gasteiger partial charge in [-0.05, 0) is 26.0 Å². The van der Waals surface area contributed by atoms with Gasteiger partial charge in [-0.25, -0.2) is 4.98 Å². The number of carbonyl (C=O) groups excluding carboxylic acids is 3.